The number of urea groups is 1. The lowest BCUT2D eigenvalue weighted by Gasteiger charge is -2.35. The predicted octanol–water partition coefficient (Wildman–Crippen LogP) is 2.99. The maximum Gasteiger partial charge on any atom is 0.319 e. The van der Waals surface area contributed by atoms with E-state index in [4.69, 9.17) is 14.7 Å². The average molecular weight is 423 g/mol. The summed E-state index contributed by atoms with van der Waals surface area (Å²) in [5.74, 6) is 1.78. The molecule has 0 radical (unpaired) electrons. The molecule has 1 atom stereocenters. The van der Waals surface area contributed by atoms with Gasteiger partial charge in [0.15, 0.2) is 5.82 Å². The highest BCUT2D eigenvalue weighted by atomic mass is 16.5. The van der Waals surface area contributed by atoms with E-state index < -0.39 is 0 Å². The van der Waals surface area contributed by atoms with Crippen LogP contribution in [-0.2, 0) is 17.8 Å². The number of hydrogen-bond acceptors (Lipinski definition) is 6. The number of carbonyl (C=O) groups is 1. The smallest absolute Gasteiger partial charge is 0.319 e. The number of rotatable bonds is 5. The Labute approximate surface area is 183 Å². The molecule has 3 aliphatic rings. The van der Waals surface area contributed by atoms with Crippen LogP contribution >= 0.6 is 0 Å². The summed E-state index contributed by atoms with van der Waals surface area (Å²) >= 11 is 0. The molecule has 31 heavy (non-hydrogen) atoms. The van der Waals surface area contributed by atoms with E-state index in [2.05, 4.69) is 34.3 Å². The fraction of sp³-hybridized carbons (Fsp3) is 0.522. The molecular formula is C23H30N6O2. The van der Waals surface area contributed by atoms with Gasteiger partial charge < -0.3 is 20.3 Å². The van der Waals surface area contributed by atoms with Crippen LogP contribution in [-0.4, -0.2) is 59.3 Å². The normalized spacial score (nSPS) is 21.1. The number of fused-ring (bicyclic) bond motifs is 1. The van der Waals surface area contributed by atoms with Gasteiger partial charge in [0.25, 0.3) is 0 Å². The summed E-state index contributed by atoms with van der Waals surface area (Å²) in [6.07, 6.45) is 2.14. The Morgan fingerprint density at radius 3 is 2.71 bits per heavy atom. The largest absolute Gasteiger partial charge is 0.377 e. The van der Waals surface area contributed by atoms with Gasteiger partial charge in [0.1, 0.15) is 5.82 Å². The lowest BCUT2D eigenvalue weighted by atomic mass is 10.1. The number of ether oxygens (including phenoxy) is 1. The number of morpholine rings is 1. The Hall–Kier alpha value is -2.71. The molecule has 1 aromatic heterocycles. The van der Waals surface area contributed by atoms with Crippen LogP contribution in [0.15, 0.2) is 24.3 Å². The minimum atomic E-state index is -0.146. The molecule has 5 rings (SSSR count). The number of anilines is 2. The molecular weight excluding hydrogens is 392 g/mol. The van der Waals surface area contributed by atoms with Crippen molar-refractivity contribution in [1.29, 1.82) is 0 Å². The molecule has 2 N–H and O–H groups in total. The topological polar surface area (TPSA) is 82.6 Å². The Kier molecular flexibility index (Phi) is 5.50. The second-order valence-electron chi connectivity index (χ2n) is 8.67. The lowest BCUT2D eigenvalue weighted by molar-refractivity contribution is 0.0984. The monoisotopic (exact) mass is 422 g/mol. The molecule has 1 saturated carbocycles. The maximum atomic E-state index is 12.0. The molecule has 2 amide bonds. The summed E-state index contributed by atoms with van der Waals surface area (Å²) in [6.45, 7) is 9.39. The quantitative estimate of drug-likeness (QED) is 0.771. The minimum absolute atomic E-state index is 0.146. The SMILES string of the molecule is CCN1Cc2nc(-c3ccc(NC(=O)NC4CC4)cc3)nc(N3CCOCC3C)c2C1. The number of aromatic nitrogens is 2. The third-order valence-corrected chi connectivity index (χ3v) is 6.23. The Balaban J connectivity index is 1.42. The van der Waals surface area contributed by atoms with E-state index >= 15 is 0 Å². The van der Waals surface area contributed by atoms with Crippen LogP contribution < -0.4 is 15.5 Å². The number of nitrogens with zero attached hydrogens (tertiary/aromatic N) is 4. The van der Waals surface area contributed by atoms with Crippen LogP contribution in [0.4, 0.5) is 16.3 Å². The average Bonchev–Trinajstić information content (AvgIpc) is 3.48. The number of amides is 2. The molecule has 164 valence electrons. The summed E-state index contributed by atoms with van der Waals surface area (Å²) in [4.78, 5) is 26.7. The standard InChI is InChI=1S/C23H30N6O2/c1-3-28-12-19-20(13-28)26-21(27-22(19)29-10-11-31-14-15(29)2)16-4-6-17(7-5-16)24-23(30)25-18-8-9-18/h4-7,15,18H,3,8-14H2,1-2H3,(H2,24,25,30). The van der Waals surface area contributed by atoms with Gasteiger partial charge in [0, 0.05) is 42.5 Å². The molecule has 1 saturated heterocycles. The molecule has 3 heterocycles. The van der Waals surface area contributed by atoms with Crippen molar-refractivity contribution < 1.29 is 9.53 Å². The molecule has 2 aliphatic heterocycles. The second kappa shape index (κ2) is 8.43. The van der Waals surface area contributed by atoms with Gasteiger partial charge in [-0.2, -0.15) is 0 Å². The highest BCUT2D eigenvalue weighted by Gasteiger charge is 2.30. The highest BCUT2D eigenvalue weighted by molar-refractivity contribution is 5.89. The molecule has 2 aromatic rings. The summed E-state index contributed by atoms with van der Waals surface area (Å²) in [5, 5.41) is 5.84. The van der Waals surface area contributed by atoms with E-state index in [-0.39, 0.29) is 12.1 Å². The minimum Gasteiger partial charge on any atom is -0.377 e. The van der Waals surface area contributed by atoms with Gasteiger partial charge in [0.2, 0.25) is 0 Å². The first-order valence-corrected chi connectivity index (χ1v) is 11.2. The van der Waals surface area contributed by atoms with Crippen LogP contribution in [0, 0.1) is 0 Å². The van der Waals surface area contributed by atoms with Crippen LogP contribution in [0.2, 0.25) is 0 Å². The molecule has 1 unspecified atom stereocenters. The van der Waals surface area contributed by atoms with Crippen molar-refractivity contribution in [3.05, 3.63) is 35.5 Å². The summed E-state index contributed by atoms with van der Waals surface area (Å²) in [7, 11) is 0. The van der Waals surface area contributed by atoms with E-state index in [1.165, 1.54) is 5.56 Å². The van der Waals surface area contributed by atoms with Crippen molar-refractivity contribution in [2.24, 2.45) is 0 Å². The Morgan fingerprint density at radius 2 is 2.00 bits per heavy atom. The van der Waals surface area contributed by atoms with E-state index in [0.717, 1.165) is 80.8 Å². The van der Waals surface area contributed by atoms with E-state index in [0.29, 0.717) is 6.04 Å². The van der Waals surface area contributed by atoms with Crippen LogP contribution in [0.3, 0.4) is 0 Å². The summed E-state index contributed by atoms with van der Waals surface area (Å²) in [6, 6.07) is 8.26. The van der Waals surface area contributed by atoms with Crippen molar-refractivity contribution in [2.45, 2.75) is 51.9 Å². The third kappa shape index (κ3) is 4.36. The second-order valence-corrected chi connectivity index (χ2v) is 8.67. The molecule has 8 nitrogen and oxygen atoms in total. The molecule has 0 bridgehead atoms. The molecule has 0 spiro atoms. The zero-order chi connectivity index (χ0) is 21.4. The third-order valence-electron chi connectivity index (χ3n) is 6.23. The van der Waals surface area contributed by atoms with E-state index in [1.54, 1.807) is 0 Å². The zero-order valence-corrected chi connectivity index (χ0v) is 18.2. The van der Waals surface area contributed by atoms with Crippen LogP contribution in [0.25, 0.3) is 11.4 Å². The van der Waals surface area contributed by atoms with Crippen LogP contribution in [0.1, 0.15) is 37.9 Å². The fourth-order valence-electron chi connectivity index (χ4n) is 4.22. The number of benzene rings is 1. The number of hydrogen-bond donors (Lipinski definition) is 2. The first-order chi connectivity index (χ1) is 15.1. The first kappa shape index (κ1) is 20.2. The molecule has 2 fully saturated rings. The Morgan fingerprint density at radius 1 is 1.19 bits per heavy atom. The van der Waals surface area contributed by atoms with E-state index in [1.807, 2.05) is 24.3 Å². The first-order valence-electron chi connectivity index (χ1n) is 11.2. The number of carbonyl (C=O) groups excluding carboxylic acids is 1. The van der Waals surface area contributed by atoms with Gasteiger partial charge in [-0.05, 0) is 50.6 Å². The van der Waals surface area contributed by atoms with Gasteiger partial charge in [-0.1, -0.05) is 6.92 Å². The van der Waals surface area contributed by atoms with Crippen molar-refractivity contribution in [3.8, 4) is 11.4 Å². The summed E-state index contributed by atoms with van der Waals surface area (Å²) < 4.78 is 5.65. The van der Waals surface area contributed by atoms with Crippen molar-refractivity contribution in [1.82, 2.24) is 20.2 Å². The van der Waals surface area contributed by atoms with Crippen molar-refractivity contribution in [2.75, 3.05) is 36.5 Å². The Bertz CT molecular complexity index is 959. The van der Waals surface area contributed by atoms with Gasteiger partial charge in [-0.15, -0.1) is 0 Å². The summed E-state index contributed by atoms with van der Waals surface area (Å²) in [5.41, 5.74) is 4.08. The number of nitrogens with one attached hydrogen (secondary N) is 2. The van der Waals surface area contributed by atoms with Gasteiger partial charge in [0.05, 0.1) is 24.9 Å². The predicted molar refractivity (Wildman–Crippen MR) is 120 cm³/mol. The lowest BCUT2D eigenvalue weighted by Crippen LogP contribution is -2.44. The van der Waals surface area contributed by atoms with Crippen LogP contribution in [0.5, 0.6) is 0 Å². The zero-order valence-electron chi connectivity index (χ0n) is 18.2. The molecule has 1 aromatic carbocycles. The highest BCUT2D eigenvalue weighted by Crippen LogP contribution is 2.33. The van der Waals surface area contributed by atoms with E-state index in [9.17, 15) is 4.79 Å². The van der Waals surface area contributed by atoms with Gasteiger partial charge in [-0.3, -0.25) is 4.90 Å². The molecule has 1 aliphatic carbocycles. The van der Waals surface area contributed by atoms with Crippen molar-refractivity contribution in [3.63, 3.8) is 0 Å². The van der Waals surface area contributed by atoms with Crippen molar-refractivity contribution >= 4 is 17.5 Å². The fourth-order valence-corrected chi connectivity index (χ4v) is 4.22. The molecule has 8 heteroatoms. The van der Waals surface area contributed by atoms with Gasteiger partial charge in [-0.25, -0.2) is 14.8 Å². The maximum absolute atomic E-state index is 12.0. The van der Waals surface area contributed by atoms with Gasteiger partial charge >= 0.3 is 6.03 Å².